The van der Waals surface area contributed by atoms with Gasteiger partial charge in [0.25, 0.3) is 0 Å². The van der Waals surface area contributed by atoms with Crippen LogP contribution in [0, 0.1) is 0 Å². The molecule has 21 heavy (non-hydrogen) atoms. The molecule has 0 aliphatic carbocycles. The van der Waals surface area contributed by atoms with Gasteiger partial charge in [0.15, 0.2) is 0 Å². The van der Waals surface area contributed by atoms with E-state index in [1.807, 2.05) is 18.5 Å². The number of piperazine rings is 1. The first-order valence-corrected chi connectivity index (χ1v) is 8.23. The number of hydrogen-bond acceptors (Lipinski definition) is 5. The number of nitrogens with zero attached hydrogens (tertiary/aromatic N) is 4. The molecule has 5 heteroatoms. The van der Waals surface area contributed by atoms with E-state index in [1.54, 1.807) is 0 Å². The molecule has 1 aromatic rings. The van der Waals surface area contributed by atoms with E-state index in [2.05, 4.69) is 33.6 Å². The second-order valence-corrected chi connectivity index (χ2v) is 5.95. The highest BCUT2D eigenvalue weighted by molar-refractivity contribution is 5.29. The molecule has 0 atom stereocenters. The maximum atomic E-state index is 6.18. The van der Waals surface area contributed by atoms with E-state index in [-0.39, 0.29) is 5.54 Å². The molecule has 1 aliphatic heterocycles. The molecule has 0 saturated carbocycles. The Kier molecular flexibility index (Phi) is 5.94. The highest BCUT2D eigenvalue weighted by Crippen LogP contribution is 2.28. The average Bonchev–Trinajstić information content (AvgIpc) is 2.55. The van der Waals surface area contributed by atoms with Crippen molar-refractivity contribution in [1.29, 1.82) is 0 Å². The van der Waals surface area contributed by atoms with Crippen molar-refractivity contribution in [2.75, 3.05) is 37.6 Å². The third-order valence-electron chi connectivity index (χ3n) is 4.60. The molecule has 1 aliphatic rings. The lowest BCUT2D eigenvalue weighted by Crippen LogP contribution is -2.60. The quantitative estimate of drug-likeness (QED) is 0.831. The molecule has 1 fully saturated rings. The van der Waals surface area contributed by atoms with E-state index in [0.717, 1.165) is 38.7 Å². The van der Waals surface area contributed by atoms with Gasteiger partial charge in [0.1, 0.15) is 0 Å². The lowest BCUT2D eigenvalue weighted by Gasteiger charge is -2.47. The Hall–Kier alpha value is -1.20. The minimum absolute atomic E-state index is 0.188. The van der Waals surface area contributed by atoms with Gasteiger partial charge in [-0.25, -0.2) is 9.97 Å². The molecule has 0 bridgehead atoms. The summed E-state index contributed by atoms with van der Waals surface area (Å²) < 4.78 is 0. The van der Waals surface area contributed by atoms with Crippen LogP contribution in [0.4, 0.5) is 5.95 Å². The second kappa shape index (κ2) is 7.71. The van der Waals surface area contributed by atoms with Crippen molar-refractivity contribution >= 4 is 5.95 Å². The molecule has 0 radical (unpaired) electrons. The highest BCUT2D eigenvalue weighted by atomic mass is 15.3. The van der Waals surface area contributed by atoms with Crippen LogP contribution in [0.5, 0.6) is 0 Å². The molecule has 5 nitrogen and oxygen atoms in total. The molecule has 1 saturated heterocycles. The third kappa shape index (κ3) is 3.71. The van der Waals surface area contributed by atoms with Crippen molar-refractivity contribution in [3.05, 3.63) is 18.5 Å². The number of rotatable bonds is 7. The van der Waals surface area contributed by atoms with Crippen molar-refractivity contribution in [2.24, 2.45) is 5.73 Å². The van der Waals surface area contributed by atoms with Gasteiger partial charge in [-0.05, 0) is 18.9 Å². The first kappa shape index (κ1) is 16.2. The van der Waals surface area contributed by atoms with Gasteiger partial charge in [-0.15, -0.1) is 0 Å². The third-order valence-corrected chi connectivity index (χ3v) is 4.60. The smallest absolute Gasteiger partial charge is 0.225 e. The van der Waals surface area contributed by atoms with Crippen LogP contribution in [0.25, 0.3) is 0 Å². The molecule has 118 valence electrons. The van der Waals surface area contributed by atoms with E-state index in [1.165, 1.54) is 25.7 Å². The van der Waals surface area contributed by atoms with E-state index >= 15 is 0 Å². The molecule has 0 amide bonds. The number of anilines is 1. The summed E-state index contributed by atoms with van der Waals surface area (Å²) in [4.78, 5) is 13.6. The van der Waals surface area contributed by atoms with Gasteiger partial charge in [-0.2, -0.15) is 0 Å². The summed E-state index contributed by atoms with van der Waals surface area (Å²) in [5.41, 5.74) is 6.36. The molecular formula is C16H29N5. The number of hydrogen-bond donors (Lipinski definition) is 1. The predicted molar refractivity (Wildman–Crippen MR) is 87.4 cm³/mol. The lowest BCUT2D eigenvalue weighted by atomic mass is 9.86. The fourth-order valence-electron chi connectivity index (χ4n) is 3.54. The summed E-state index contributed by atoms with van der Waals surface area (Å²) in [5, 5.41) is 0. The van der Waals surface area contributed by atoms with Crippen LogP contribution in [-0.4, -0.2) is 53.1 Å². The zero-order valence-electron chi connectivity index (χ0n) is 13.5. The summed E-state index contributed by atoms with van der Waals surface area (Å²) in [6.07, 6.45) is 8.40. The Bertz CT molecular complexity index is 394. The van der Waals surface area contributed by atoms with Gasteiger partial charge in [-0.1, -0.05) is 26.7 Å². The van der Waals surface area contributed by atoms with Gasteiger partial charge in [-0.3, -0.25) is 4.90 Å². The summed E-state index contributed by atoms with van der Waals surface area (Å²) >= 11 is 0. The highest BCUT2D eigenvalue weighted by Gasteiger charge is 2.35. The molecule has 0 unspecified atom stereocenters. The van der Waals surface area contributed by atoms with Crippen LogP contribution in [0.2, 0.25) is 0 Å². The van der Waals surface area contributed by atoms with Crippen LogP contribution in [-0.2, 0) is 0 Å². The molecule has 2 N–H and O–H groups in total. The Morgan fingerprint density at radius 2 is 1.62 bits per heavy atom. The van der Waals surface area contributed by atoms with Crippen molar-refractivity contribution in [3.8, 4) is 0 Å². The van der Waals surface area contributed by atoms with Crippen LogP contribution < -0.4 is 10.6 Å². The Labute approximate surface area is 128 Å². The maximum Gasteiger partial charge on any atom is 0.225 e. The first-order chi connectivity index (χ1) is 10.3. The van der Waals surface area contributed by atoms with Gasteiger partial charge in [0.2, 0.25) is 5.95 Å². The normalized spacial score (nSPS) is 17.2. The second-order valence-electron chi connectivity index (χ2n) is 5.95. The van der Waals surface area contributed by atoms with Crippen LogP contribution >= 0.6 is 0 Å². The standard InChI is InChI=1S/C16H29N5/c1-3-6-16(14-17,7-4-2)21-12-10-20(11-13-21)15-18-8-5-9-19-15/h5,8-9H,3-4,6-7,10-14,17H2,1-2H3. The van der Waals surface area contributed by atoms with E-state index in [0.29, 0.717) is 0 Å². The summed E-state index contributed by atoms with van der Waals surface area (Å²) in [6, 6.07) is 1.86. The van der Waals surface area contributed by atoms with Crippen molar-refractivity contribution in [1.82, 2.24) is 14.9 Å². The van der Waals surface area contributed by atoms with Crippen LogP contribution in [0.3, 0.4) is 0 Å². The zero-order valence-corrected chi connectivity index (χ0v) is 13.5. The van der Waals surface area contributed by atoms with Crippen molar-refractivity contribution in [3.63, 3.8) is 0 Å². The van der Waals surface area contributed by atoms with Gasteiger partial charge >= 0.3 is 0 Å². The van der Waals surface area contributed by atoms with Gasteiger partial charge < -0.3 is 10.6 Å². The van der Waals surface area contributed by atoms with E-state index in [4.69, 9.17) is 5.73 Å². The predicted octanol–water partition coefficient (Wildman–Crippen LogP) is 1.90. The zero-order chi connectivity index (χ0) is 15.1. The first-order valence-electron chi connectivity index (χ1n) is 8.23. The minimum Gasteiger partial charge on any atom is -0.338 e. The molecule has 1 aromatic heterocycles. The fourth-order valence-corrected chi connectivity index (χ4v) is 3.54. The molecule has 0 spiro atoms. The molecular weight excluding hydrogens is 262 g/mol. The Morgan fingerprint density at radius 3 is 2.10 bits per heavy atom. The Morgan fingerprint density at radius 1 is 1.05 bits per heavy atom. The SMILES string of the molecule is CCCC(CN)(CCC)N1CCN(c2ncccn2)CC1. The summed E-state index contributed by atoms with van der Waals surface area (Å²) in [7, 11) is 0. The van der Waals surface area contributed by atoms with Crippen molar-refractivity contribution in [2.45, 2.75) is 45.1 Å². The average molecular weight is 291 g/mol. The topological polar surface area (TPSA) is 58.3 Å². The molecule has 2 rings (SSSR count). The lowest BCUT2D eigenvalue weighted by molar-refractivity contribution is 0.0680. The monoisotopic (exact) mass is 291 g/mol. The van der Waals surface area contributed by atoms with Crippen LogP contribution in [0.15, 0.2) is 18.5 Å². The largest absolute Gasteiger partial charge is 0.338 e. The summed E-state index contributed by atoms with van der Waals surface area (Å²) in [5.74, 6) is 0.849. The van der Waals surface area contributed by atoms with Crippen LogP contribution in [0.1, 0.15) is 39.5 Å². The number of nitrogens with two attached hydrogens (primary N) is 1. The maximum absolute atomic E-state index is 6.18. The molecule has 2 heterocycles. The fraction of sp³-hybridized carbons (Fsp3) is 0.750. The van der Waals surface area contributed by atoms with Crippen molar-refractivity contribution < 1.29 is 0 Å². The minimum atomic E-state index is 0.188. The molecule has 0 aromatic carbocycles. The van der Waals surface area contributed by atoms with E-state index < -0.39 is 0 Å². The number of aromatic nitrogens is 2. The Balaban J connectivity index is 2.01. The van der Waals surface area contributed by atoms with E-state index in [9.17, 15) is 0 Å². The van der Waals surface area contributed by atoms with Gasteiger partial charge in [0.05, 0.1) is 0 Å². The van der Waals surface area contributed by atoms with Gasteiger partial charge in [0, 0.05) is 50.7 Å². The summed E-state index contributed by atoms with van der Waals surface area (Å²) in [6.45, 7) is 9.35.